The van der Waals surface area contributed by atoms with Crippen LogP contribution < -0.4 is 0 Å². The number of aliphatic hydroxyl groups excluding tert-OH is 2. The third-order valence-corrected chi connectivity index (χ3v) is 8.08. The van der Waals surface area contributed by atoms with Gasteiger partial charge in [-0.3, -0.25) is 0 Å². The van der Waals surface area contributed by atoms with Crippen LogP contribution in [0.3, 0.4) is 0 Å². The summed E-state index contributed by atoms with van der Waals surface area (Å²) in [4.78, 5) is 0. The Labute approximate surface area is 128 Å². The van der Waals surface area contributed by atoms with Crippen LogP contribution in [0.2, 0.25) is 0 Å². The zero-order chi connectivity index (χ0) is 14.8. The molecule has 3 fully saturated rings. The molecule has 21 heavy (non-hydrogen) atoms. The minimum atomic E-state index is -0.0913. The van der Waals surface area contributed by atoms with Gasteiger partial charge in [0.25, 0.3) is 0 Å². The predicted octanol–water partition coefficient (Wildman–Crippen LogP) is 3.53. The average Bonchev–Trinajstić information content (AvgIpc) is 2.76. The summed E-state index contributed by atoms with van der Waals surface area (Å²) in [6.07, 6.45) is 12.5. The number of allylic oxidation sites excluding steroid dienone is 2. The van der Waals surface area contributed by atoms with Crippen LogP contribution in [0.5, 0.6) is 0 Å². The van der Waals surface area contributed by atoms with Crippen LogP contribution in [0.1, 0.15) is 58.8 Å². The fourth-order valence-corrected chi connectivity index (χ4v) is 6.57. The largest absolute Gasteiger partial charge is 0.393 e. The van der Waals surface area contributed by atoms with Crippen molar-refractivity contribution in [3.63, 3.8) is 0 Å². The molecule has 0 aromatic heterocycles. The Bertz CT molecular complexity index is 458. The lowest BCUT2D eigenvalue weighted by atomic mass is 9.47. The van der Waals surface area contributed by atoms with Gasteiger partial charge in [-0.1, -0.05) is 26.0 Å². The quantitative estimate of drug-likeness (QED) is 0.670. The molecular weight excluding hydrogens is 260 g/mol. The first-order valence-corrected chi connectivity index (χ1v) is 8.99. The van der Waals surface area contributed by atoms with E-state index in [9.17, 15) is 10.2 Å². The van der Waals surface area contributed by atoms with Crippen molar-refractivity contribution in [2.75, 3.05) is 0 Å². The lowest BCUT2D eigenvalue weighted by molar-refractivity contribution is -0.0894. The molecule has 0 saturated heterocycles. The fraction of sp³-hybridized carbons (Fsp3) is 0.895. The van der Waals surface area contributed by atoms with Crippen LogP contribution >= 0.6 is 0 Å². The molecule has 4 aliphatic carbocycles. The van der Waals surface area contributed by atoms with Gasteiger partial charge in [-0.05, 0) is 79.4 Å². The molecule has 0 amide bonds. The number of hydrogen-bond donors (Lipinski definition) is 2. The van der Waals surface area contributed by atoms with Crippen molar-refractivity contribution in [3.8, 4) is 0 Å². The van der Waals surface area contributed by atoms with E-state index in [1.54, 1.807) is 0 Å². The molecule has 0 bridgehead atoms. The van der Waals surface area contributed by atoms with Crippen LogP contribution in [0.4, 0.5) is 0 Å². The van der Waals surface area contributed by atoms with Gasteiger partial charge >= 0.3 is 0 Å². The lowest BCUT2D eigenvalue weighted by Gasteiger charge is -2.58. The Kier molecular flexibility index (Phi) is 3.11. The van der Waals surface area contributed by atoms with E-state index in [-0.39, 0.29) is 17.6 Å². The Morgan fingerprint density at radius 1 is 0.857 bits per heavy atom. The monoisotopic (exact) mass is 290 g/mol. The van der Waals surface area contributed by atoms with Crippen LogP contribution in [0.25, 0.3) is 0 Å². The maximum absolute atomic E-state index is 10.4. The van der Waals surface area contributed by atoms with Gasteiger partial charge in [0.15, 0.2) is 0 Å². The molecule has 3 saturated carbocycles. The van der Waals surface area contributed by atoms with Gasteiger partial charge < -0.3 is 10.2 Å². The number of rotatable bonds is 0. The molecule has 0 radical (unpaired) electrons. The van der Waals surface area contributed by atoms with Crippen molar-refractivity contribution in [1.82, 2.24) is 0 Å². The summed E-state index contributed by atoms with van der Waals surface area (Å²) in [5.41, 5.74) is 0.538. The molecule has 2 heteroatoms. The molecule has 0 aromatic rings. The number of aliphatic hydroxyl groups is 2. The second-order valence-electron chi connectivity index (χ2n) is 8.85. The van der Waals surface area contributed by atoms with Gasteiger partial charge in [0.1, 0.15) is 0 Å². The van der Waals surface area contributed by atoms with Gasteiger partial charge in [0.05, 0.1) is 12.2 Å². The number of fused-ring (bicyclic) bond motifs is 5. The average molecular weight is 290 g/mol. The van der Waals surface area contributed by atoms with E-state index < -0.39 is 0 Å². The van der Waals surface area contributed by atoms with Gasteiger partial charge in [0.2, 0.25) is 0 Å². The Hall–Kier alpha value is -0.340. The van der Waals surface area contributed by atoms with E-state index >= 15 is 0 Å². The minimum Gasteiger partial charge on any atom is -0.393 e. The second-order valence-corrected chi connectivity index (χ2v) is 8.85. The molecule has 0 aromatic carbocycles. The SMILES string of the molecule is C[C@]12CC[C@@H]3[C@H](C=C[C@H]4C[C@H](O)CC[C@]34C)[C@H]1CC[C@H]2O. The van der Waals surface area contributed by atoms with E-state index in [0.717, 1.165) is 25.2 Å². The third-order valence-electron chi connectivity index (χ3n) is 8.08. The Balaban J connectivity index is 1.68. The molecule has 2 N–H and O–H groups in total. The molecule has 118 valence electrons. The summed E-state index contributed by atoms with van der Waals surface area (Å²) in [6, 6.07) is 0. The highest BCUT2D eigenvalue weighted by molar-refractivity contribution is 5.18. The van der Waals surface area contributed by atoms with Crippen LogP contribution in [-0.4, -0.2) is 22.4 Å². The molecule has 8 atom stereocenters. The summed E-state index contributed by atoms with van der Waals surface area (Å²) >= 11 is 0. The summed E-state index contributed by atoms with van der Waals surface area (Å²) in [5, 5.41) is 20.5. The van der Waals surface area contributed by atoms with E-state index in [1.807, 2.05) is 0 Å². The zero-order valence-corrected chi connectivity index (χ0v) is 13.5. The first-order chi connectivity index (χ1) is 9.95. The third kappa shape index (κ3) is 1.84. The number of hydrogen-bond acceptors (Lipinski definition) is 2. The molecular formula is C19H30O2. The first kappa shape index (κ1) is 14.3. The maximum atomic E-state index is 10.4. The molecule has 4 rings (SSSR count). The summed E-state index contributed by atoms with van der Waals surface area (Å²) in [7, 11) is 0. The minimum absolute atomic E-state index is 0.0874. The normalized spacial score (nSPS) is 59.2. The van der Waals surface area contributed by atoms with E-state index in [1.165, 1.54) is 25.7 Å². The Morgan fingerprint density at radius 3 is 2.38 bits per heavy atom. The van der Waals surface area contributed by atoms with E-state index in [4.69, 9.17) is 0 Å². The summed E-state index contributed by atoms with van der Waals surface area (Å²) in [5.74, 6) is 2.67. The summed E-state index contributed by atoms with van der Waals surface area (Å²) < 4.78 is 0. The van der Waals surface area contributed by atoms with Crippen LogP contribution in [-0.2, 0) is 0 Å². The van der Waals surface area contributed by atoms with Crippen molar-refractivity contribution in [2.24, 2.45) is 34.5 Å². The second kappa shape index (κ2) is 4.58. The van der Waals surface area contributed by atoms with Gasteiger partial charge in [0, 0.05) is 0 Å². The predicted molar refractivity (Wildman–Crippen MR) is 83.6 cm³/mol. The molecule has 4 aliphatic rings. The molecule has 0 aliphatic heterocycles. The van der Waals surface area contributed by atoms with E-state index in [2.05, 4.69) is 26.0 Å². The molecule has 2 nitrogen and oxygen atoms in total. The van der Waals surface area contributed by atoms with Crippen molar-refractivity contribution in [2.45, 2.75) is 71.0 Å². The first-order valence-electron chi connectivity index (χ1n) is 8.99. The van der Waals surface area contributed by atoms with E-state index in [0.29, 0.717) is 23.2 Å². The topological polar surface area (TPSA) is 40.5 Å². The smallest absolute Gasteiger partial charge is 0.0596 e. The van der Waals surface area contributed by atoms with Crippen LogP contribution in [0.15, 0.2) is 12.2 Å². The molecule has 0 spiro atoms. The van der Waals surface area contributed by atoms with Gasteiger partial charge in [-0.15, -0.1) is 0 Å². The van der Waals surface area contributed by atoms with Crippen LogP contribution in [0, 0.1) is 34.5 Å². The molecule has 0 heterocycles. The highest BCUT2D eigenvalue weighted by Gasteiger charge is 2.58. The van der Waals surface area contributed by atoms with Crippen molar-refractivity contribution in [1.29, 1.82) is 0 Å². The standard InChI is InChI=1S/C19H30O2/c1-18-9-7-13(20)11-12(18)3-4-14-15-5-6-17(21)19(15,2)10-8-16(14)18/h3-4,12-17,20-21H,5-11H2,1-2H3/t12-,13+,14+,15+,16+,17+,18-,19-/m0/s1. The lowest BCUT2D eigenvalue weighted by Crippen LogP contribution is -2.52. The van der Waals surface area contributed by atoms with Gasteiger partial charge in [-0.25, -0.2) is 0 Å². The Morgan fingerprint density at radius 2 is 1.57 bits per heavy atom. The molecule has 0 unspecified atom stereocenters. The maximum Gasteiger partial charge on any atom is 0.0596 e. The summed E-state index contributed by atoms with van der Waals surface area (Å²) in [6.45, 7) is 4.82. The highest BCUT2D eigenvalue weighted by Crippen LogP contribution is 2.64. The van der Waals surface area contributed by atoms with Crippen molar-refractivity contribution < 1.29 is 10.2 Å². The fourth-order valence-electron chi connectivity index (χ4n) is 6.57. The highest BCUT2D eigenvalue weighted by atomic mass is 16.3. The van der Waals surface area contributed by atoms with Gasteiger partial charge in [-0.2, -0.15) is 0 Å². The zero-order valence-electron chi connectivity index (χ0n) is 13.5. The van der Waals surface area contributed by atoms with Crippen molar-refractivity contribution >= 4 is 0 Å². The van der Waals surface area contributed by atoms with Crippen molar-refractivity contribution in [3.05, 3.63) is 12.2 Å².